The zero-order valence-corrected chi connectivity index (χ0v) is 12.7. The van der Waals surface area contributed by atoms with Crippen molar-refractivity contribution in [2.45, 2.75) is 39.5 Å². The Balaban J connectivity index is 1.80. The number of carbonyl (C=O) groups excluding carboxylic acids is 1. The highest BCUT2D eigenvalue weighted by Crippen LogP contribution is 2.23. The van der Waals surface area contributed by atoms with E-state index in [0.717, 1.165) is 24.1 Å². The van der Waals surface area contributed by atoms with E-state index in [0.29, 0.717) is 0 Å². The third kappa shape index (κ3) is 2.99. The van der Waals surface area contributed by atoms with E-state index in [1.807, 2.05) is 24.3 Å². The largest absolute Gasteiger partial charge is 0.322 e. The van der Waals surface area contributed by atoms with Crippen LogP contribution in [-0.2, 0) is 12.8 Å². The second-order valence-electron chi connectivity index (χ2n) is 5.94. The molecule has 2 heteroatoms. The Morgan fingerprint density at radius 1 is 0.905 bits per heavy atom. The predicted octanol–water partition coefficient (Wildman–Crippen LogP) is 4.43. The molecule has 1 aliphatic carbocycles. The molecule has 0 heterocycles. The lowest BCUT2D eigenvalue weighted by molar-refractivity contribution is 0.102. The van der Waals surface area contributed by atoms with E-state index in [4.69, 9.17) is 0 Å². The molecule has 0 atom stereocenters. The summed E-state index contributed by atoms with van der Waals surface area (Å²) in [5.41, 5.74) is 6.80. The van der Waals surface area contributed by atoms with Gasteiger partial charge in [-0.15, -0.1) is 0 Å². The number of amides is 1. The second-order valence-corrected chi connectivity index (χ2v) is 5.94. The predicted molar refractivity (Wildman–Crippen MR) is 87.0 cm³/mol. The molecule has 21 heavy (non-hydrogen) atoms. The van der Waals surface area contributed by atoms with Crippen LogP contribution in [0.3, 0.4) is 0 Å². The maximum absolute atomic E-state index is 12.4. The first kappa shape index (κ1) is 13.9. The number of carbonyl (C=O) groups is 1. The van der Waals surface area contributed by atoms with Gasteiger partial charge in [0.05, 0.1) is 0 Å². The maximum atomic E-state index is 12.4. The first-order chi connectivity index (χ1) is 10.1. The minimum absolute atomic E-state index is 0.0216. The van der Waals surface area contributed by atoms with Gasteiger partial charge in [-0.25, -0.2) is 0 Å². The molecule has 0 spiro atoms. The second kappa shape index (κ2) is 5.72. The van der Waals surface area contributed by atoms with E-state index >= 15 is 0 Å². The Bertz CT molecular complexity index is 688. The summed E-state index contributed by atoms with van der Waals surface area (Å²) in [5.74, 6) is -0.0216. The van der Waals surface area contributed by atoms with Crippen molar-refractivity contribution in [2.75, 3.05) is 5.32 Å². The normalized spacial score (nSPS) is 13.6. The molecule has 0 fully saturated rings. The number of fused-ring (bicyclic) bond motifs is 1. The number of hydrogen-bond donors (Lipinski definition) is 1. The fourth-order valence-electron chi connectivity index (χ4n) is 2.90. The lowest BCUT2D eigenvalue weighted by atomic mass is 9.90. The summed E-state index contributed by atoms with van der Waals surface area (Å²) in [4.78, 5) is 12.4. The SMILES string of the molecule is Cc1ccc(NC(=O)c2ccc3c(c2)CCCC3)cc1C. The highest BCUT2D eigenvalue weighted by molar-refractivity contribution is 6.04. The quantitative estimate of drug-likeness (QED) is 0.865. The fraction of sp³-hybridized carbons (Fsp3) is 0.316. The molecule has 0 unspecified atom stereocenters. The summed E-state index contributed by atoms with van der Waals surface area (Å²) in [6, 6.07) is 12.1. The number of hydrogen-bond acceptors (Lipinski definition) is 1. The summed E-state index contributed by atoms with van der Waals surface area (Å²) in [7, 11) is 0. The molecule has 0 radical (unpaired) electrons. The maximum Gasteiger partial charge on any atom is 0.255 e. The van der Waals surface area contributed by atoms with Crippen molar-refractivity contribution in [1.29, 1.82) is 0 Å². The summed E-state index contributed by atoms with van der Waals surface area (Å²) < 4.78 is 0. The zero-order valence-electron chi connectivity index (χ0n) is 12.7. The first-order valence-electron chi connectivity index (χ1n) is 7.64. The minimum atomic E-state index is -0.0216. The van der Waals surface area contributed by atoms with Gasteiger partial charge in [0.2, 0.25) is 0 Å². The van der Waals surface area contributed by atoms with E-state index in [1.54, 1.807) is 0 Å². The highest BCUT2D eigenvalue weighted by Gasteiger charge is 2.13. The van der Waals surface area contributed by atoms with Gasteiger partial charge in [0.15, 0.2) is 0 Å². The molecule has 3 rings (SSSR count). The molecule has 1 amide bonds. The van der Waals surface area contributed by atoms with E-state index < -0.39 is 0 Å². The van der Waals surface area contributed by atoms with Gasteiger partial charge in [0.25, 0.3) is 5.91 Å². The molecule has 1 N–H and O–H groups in total. The standard InChI is InChI=1S/C19H21NO/c1-13-7-10-18(11-14(13)2)20-19(21)17-9-8-15-5-3-4-6-16(15)12-17/h7-12H,3-6H2,1-2H3,(H,20,21). The monoisotopic (exact) mass is 279 g/mol. The van der Waals surface area contributed by atoms with Crippen molar-refractivity contribution in [3.8, 4) is 0 Å². The molecule has 0 bridgehead atoms. The van der Waals surface area contributed by atoms with Crippen molar-refractivity contribution >= 4 is 11.6 Å². The van der Waals surface area contributed by atoms with Crippen molar-refractivity contribution in [3.63, 3.8) is 0 Å². The van der Waals surface area contributed by atoms with Gasteiger partial charge < -0.3 is 5.32 Å². The number of benzene rings is 2. The zero-order chi connectivity index (χ0) is 14.8. The number of anilines is 1. The van der Waals surface area contributed by atoms with Crippen LogP contribution in [0.25, 0.3) is 0 Å². The molecule has 0 saturated heterocycles. The van der Waals surface area contributed by atoms with Gasteiger partial charge in [0, 0.05) is 11.3 Å². The van der Waals surface area contributed by atoms with Crippen molar-refractivity contribution in [1.82, 2.24) is 0 Å². The van der Waals surface area contributed by atoms with Crippen LogP contribution in [0.5, 0.6) is 0 Å². The van der Waals surface area contributed by atoms with Crippen LogP contribution >= 0.6 is 0 Å². The molecule has 2 aromatic carbocycles. The van der Waals surface area contributed by atoms with Crippen LogP contribution in [0.4, 0.5) is 5.69 Å². The third-order valence-corrected chi connectivity index (χ3v) is 4.38. The highest BCUT2D eigenvalue weighted by atomic mass is 16.1. The number of nitrogens with one attached hydrogen (secondary N) is 1. The van der Waals surface area contributed by atoms with Crippen LogP contribution in [0.1, 0.15) is 45.5 Å². The molecular weight excluding hydrogens is 258 g/mol. The van der Waals surface area contributed by atoms with Crippen LogP contribution in [0.15, 0.2) is 36.4 Å². The molecule has 0 saturated carbocycles. The lowest BCUT2D eigenvalue weighted by Crippen LogP contribution is -2.13. The average Bonchev–Trinajstić information content (AvgIpc) is 2.50. The molecule has 2 nitrogen and oxygen atoms in total. The van der Waals surface area contributed by atoms with E-state index in [-0.39, 0.29) is 5.91 Å². The van der Waals surface area contributed by atoms with Gasteiger partial charge >= 0.3 is 0 Å². The molecular formula is C19H21NO. The summed E-state index contributed by atoms with van der Waals surface area (Å²) in [6.07, 6.45) is 4.74. The minimum Gasteiger partial charge on any atom is -0.322 e. The Morgan fingerprint density at radius 2 is 1.67 bits per heavy atom. The summed E-state index contributed by atoms with van der Waals surface area (Å²) >= 11 is 0. The van der Waals surface area contributed by atoms with E-state index in [2.05, 4.69) is 31.3 Å². The third-order valence-electron chi connectivity index (χ3n) is 4.38. The van der Waals surface area contributed by atoms with Crippen LogP contribution in [-0.4, -0.2) is 5.91 Å². The van der Waals surface area contributed by atoms with Crippen LogP contribution in [0, 0.1) is 13.8 Å². The van der Waals surface area contributed by atoms with Gasteiger partial charge in [-0.3, -0.25) is 4.79 Å². The summed E-state index contributed by atoms with van der Waals surface area (Å²) in [5, 5.41) is 2.99. The Hall–Kier alpha value is -2.09. The van der Waals surface area contributed by atoms with E-state index in [9.17, 15) is 4.79 Å². The van der Waals surface area contributed by atoms with Crippen molar-refractivity contribution < 1.29 is 4.79 Å². The topological polar surface area (TPSA) is 29.1 Å². The average molecular weight is 279 g/mol. The van der Waals surface area contributed by atoms with E-state index in [1.165, 1.54) is 35.1 Å². The van der Waals surface area contributed by atoms with Gasteiger partial charge in [0.1, 0.15) is 0 Å². The fourth-order valence-corrected chi connectivity index (χ4v) is 2.90. The molecule has 1 aliphatic rings. The van der Waals surface area contributed by atoms with Gasteiger partial charge in [-0.1, -0.05) is 12.1 Å². The van der Waals surface area contributed by atoms with Crippen molar-refractivity contribution in [3.05, 3.63) is 64.2 Å². The number of rotatable bonds is 2. The first-order valence-corrected chi connectivity index (χ1v) is 7.64. The smallest absolute Gasteiger partial charge is 0.255 e. The Kier molecular flexibility index (Phi) is 3.78. The number of aryl methyl sites for hydroxylation is 4. The Morgan fingerprint density at radius 3 is 2.43 bits per heavy atom. The Labute approximate surface area is 126 Å². The van der Waals surface area contributed by atoms with Crippen molar-refractivity contribution in [2.24, 2.45) is 0 Å². The molecule has 0 aliphatic heterocycles. The van der Waals surface area contributed by atoms with Gasteiger partial charge in [-0.05, 0) is 86.1 Å². The summed E-state index contributed by atoms with van der Waals surface area (Å²) in [6.45, 7) is 4.13. The lowest BCUT2D eigenvalue weighted by Gasteiger charge is -2.16. The molecule has 0 aromatic heterocycles. The van der Waals surface area contributed by atoms with Crippen LogP contribution < -0.4 is 5.32 Å². The van der Waals surface area contributed by atoms with Gasteiger partial charge in [-0.2, -0.15) is 0 Å². The molecule has 2 aromatic rings. The van der Waals surface area contributed by atoms with Crippen LogP contribution in [0.2, 0.25) is 0 Å². The molecule has 108 valence electrons.